The Morgan fingerprint density at radius 1 is 1.14 bits per heavy atom. The summed E-state index contributed by atoms with van der Waals surface area (Å²) in [6.07, 6.45) is 1.43. The van der Waals surface area contributed by atoms with Gasteiger partial charge >= 0.3 is 0 Å². The van der Waals surface area contributed by atoms with Crippen LogP contribution in [0, 0.1) is 17.0 Å². The molecule has 0 N–H and O–H groups in total. The van der Waals surface area contributed by atoms with Crippen molar-refractivity contribution in [3.63, 3.8) is 0 Å². The number of hydrogen-bond donors (Lipinski definition) is 0. The van der Waals surface area contributed by atoms with E-state index < -0.39 is 10.8 Å². The van der Waals surface area contributed by atoms with Gasteiger partial charge in [-0.2, -0.15) is 10.1 Å². The van der Waals surface area contributed by atoms with Crippen LogP contribution in [0.5, 0.6) is 11.5 Å². The fourth-order valence-electron chi connectivity index (χ4n) is 2.89. The van der Waals surface area contributed by atoms with E-state index in [9.17, 15) is 14.9 Å². The zero-order valence-corrected chi connectivity index (χ0v) is 17.0. The number of rotatable bonds is 5. The lowest BCUT2D eigenvalue weighted by Crippen LogP contribution is -2.21. The van der Waals surface area contributed by atoms with Crippen LogP contribution in [0.3, 0.4) is 0 Å². The molecule has 1 aliphatic rings. The van der Waals surface area contributed by atoms with Gasteiger partial charge in [0.1, 0.15) is 0 Å². The monoisotopic (exact) mass is 415 g/mol. The summed E-state index contributed by atoms with van der Waals surface area (Å²) in [6, 6.07) is 7.88. The summed E-state index contributed by atoms with van der Waals surface area (Å²) in [4.78, 5) is 23.9. The van der Waals surface area contributed by atoms with E-state index in [1.807, 2.05) is 6.92 Å². The molecule has 1 heterocycles. The Balaban J connectivity index is 2.07. The summed E-state index contributed by atoms with van der Waals surface area (Å²) in [5.74, 6) is 0.124. The molecule has 2 aromatic carbocycles. The third kappa shape index (κ3) is 3.79. The topological polar surface area (TPSA) is 94.3 Å². The predicted molar refractivity (Wildman–Crippen MR) is 111 cm³/mol. The second-order valence-electron chi connectivity index (χ2n) is 6.32. The Morgan fingerprint density at radius 3 is 2.38 bits per heavy atom. The Kier molecular flexibility index (Phi) is 5.56. The smallest absolute Gasteiger partial charge is 0.280 e. The lowest BCUT2D eigenvalue weighted by atomic mass is 10.0. The normalized spacial score (nSPS) is 14.9. The summed E-state index contributed by atoms with van der Waals surface area (Å²) in [5.41, 5.74) is 2.03. The van der Waals surface area contributed by atoms with Crippen molar-refractivity contribution >= 4 is 40.7 Å². The van der Waals surface area contributed by atoms with E-state index in [0.717, 1.165) is 5.56 Å². The summed E-state index contributed by atoms with van der Waals surface area (Å²) in [6.45, 7) is 3.51. The molecule has 0 aromatic heterocycles. The van der Waals surface area contributed by atoms with Gasteiger partial charge in [-0.25, -0.2) is 0 Å². The van der Waals surface area contributed by atoms with Crippen LogP contribution in [0.4, 0.5) is 11.4 Å². The van der Waals surface area contributed by atoms with Crippen molar-refractivity contribution < 1.29 is 19.2 Å². The van der Waals surface area contributed by atoms with Gasteiger partial charge in [-0.05, 0) is 43.7 Å². The maximum atomic E-state index is 12.9. The Morgan fingerprint density at radius 2 is 1.79 bits per heavy atom. The third-order valence-electron chi connectivity index (χ3n) is 4.49. The Bertz CT molecular complexity index is 1080. The molecular formula is C20H18ClN3O5. The number of halogens is 1. The Labute approximate surface area is 172 Å². The second-order valence-corrected chi connectivity index (χ2v) is 6.72. The molecule has 29 heavy (non-hydrogen) atoms. The Hall–Kier alpha value is -3.39. The van der Waals surface area contributed by atoms with Crippen LogP contribution in [-0.2, 0) is 4.79 Å². The van der Waals surface area contributed by atoms with Crippen LogP contribution in [0.2, 0.25) is 5.02 Å². The van der Waals surface area contributed by atoms with E-state index in [1.54, 1.807) is 25.1 Å². The van der Waals surface area contributed by atoms with E-state index in [2.05, 4.69) is 5.10 Å². The molecule has 3 rings (SSSR count). The minimum Gasteiger partial charge on any atom is -0.493 e. The van der Waals surface area contributed by atoms with Crippen LogP contribution < -0.4 is 14.5 Å². The van der Waals surface area contributed by atoms with Gasteiger partial charge in [-0.15, -0.1) is 0 Å². The lowest BCUT2D eigenvalue weighted by Gasteiger charge is -2.13. The zero-order valence-electron chi connectivity index (χ0n) is 16.2. The standard InChI is InChI=1S/C20H18ClN3O5/c1-11-5-6-14(9-16(11)21)23-20(25)15(12(2)22-23)7-13-8-18(28-3)19(29-4)10-17(13)24(26)27/h5-10H,1-4H3. The number of carbonyl (C=O) groups excluding carboxylic acids is 1. The quantitative estimate of drug-likeness (QED) is 0.410. The molecule has 8 nitrogen and oxygen atoms in total. The molecule has 0 saturated heterocycles. The number of aryl methyl sites for hydroxylation is 1. The number of hydrogen-bond acceptors (Lipinski definition) is 6. The van der Waals surface area contributed by atoms with Gasteiger partial charge in [0, 0.05) is 5.02 Å². The van der Waals surface area contributed by atoms with Crippen molar-refractivity contribution in [2.75, 3.05) is 19.2 Å². The number of nitro benzene ring substituents is 1. The van der Waals surface area contributed by atoms with E-state index in [0.29, 0.717) is 22.2 Å². The molecule has 0 atom stereocenters. The average Bonchev–Trinajstić information content (AvgIpc) is 2.97. The molecule has 2 aromatic rings. The highest BCUT2D eigenvalue weighted by molar-refractivity contribution is 6.33. The van der Waals surface area contributed by atoms with Crippen molar-refractivity contribution in [1.29, 1.82) is 0 Å². The van der Waals surface area contributed by atoms with Crippen LogP contribution in [0.1, 0.15) is 18.1 Å². The van der Waals surface area contributed by atoms with Gasteiger partial charge in [0.15, 0.2) is 11.5 Å². The van der Waals surface area contributed by atoms with Gasteiger partial charge in [-0.3, -0.25) is 14.9 Å². The molecule has 9 heteroatoms. The highest BCUT2D eigenvalue weighted by Gasteiger charge is 2.30. The second kappa shape index (κ2) is 7.92. The van der Waals surface area contributed by atoms with E-state index >= 15 is 0 Å². The SMILES string of the molecule is COc1cc(C=C2C(=O)N(c3ccc(C)c(Cl)c3)N=C2C)c([N+](=O)[O-])cc1OC. The molecule has 0 fully saturated rings. The molecule has 150 valence electrons. The molecule has 0 radical (unpaired) electrons. The van der Waals surface area contributed by atoms with Crippen LogP contribution >= 0.6 is 11.6 Å². The summed E-state index contributed by atoms with van der Waals surface area (Å²) in [5, 5.41) is 17.5. The first-order valence-electron chi connectivity index (χ1n) is 8.55. The van der Waals surface area contributed by atoms with Crippen molar-refractivity contribution in [3.05, 3.63) is 62.2 Å². The largest absolute Gasteiger partial charge is 0.493 e. The number of anilines is 1. The molecule has 0 unspecified atom stereocenters. The number of carbonyl (C=O) groups is 1. The third-order valence-corrected chi connectivity index (χ3v) is 4.90. The predicted octanol–water partition coefficient (Wildman–Crippen LogP) is 4.38. The van der Waals surface area contributed by atoms with Crippen molar-refractivity contribution in [2.24, 2.45) is 5.10 Å². The highest BCUT2D eigenvalue weighted by Crippen LogP contribution is 2.36. The molecule has 1 amide bonds. The van der Waals surface area contributed by atoms with Gasteiger partial charge in [0.25, 0.3) is 11.6 Å². The minimum absolute atomic E-state index is 0.203. The first kappa shape index (κ1) is 20.3. The number of benzene rings is 2. The molecule has 1 aliphatic heterocycles. The van der Waals surface area contributed by atoms with E-state index in [1.165, 1.54) is 37.4 Å². The lowest BCUT2D eigenvalue weighted by molar-refractivity contribution is -0.385. The molecule has 0 aliphatic carbocycles. The average molecular weight is 416 g/mol. The van der Waals surface area contributed by atoms with Gasteiger partial charge < -0.3 is 9.47 Å². The molecule has 0 saturated carbocycles. The maximum Gasteiger partial charge on any atom is 0.280 e. The number of nitrogens with zero attached hydrogens (tertiary/aromatic N) is 3. The van der Waals surface area contributed by atoms with Crippen molar-refractivity contribution in [2.45, 2.75) is 13.8 Å². The fourth-order valence-corrected chi connectivity index (χ4v) is 3.06. The number of amides is 1. The number of hydrazone groups is 1. The van der Waals surface area contributed by atoms with Crippen molar-refractivity contribution in [3.8, 4) is 11.5 Å². The summed E-state index contributed by atoms with van der Waals surface area (Å²) >= 11 is 6.16. The molecular weight excluding hydrogens is 398 g/mol. The molecule has 0 spiro atoms. The van der Waals surface area contributed by atoms with Crippen molar-refractivity contribution in [1.82, 2.24) is 0 Å². The van der Waals surface area contributed by atoms with Crippen LogP contribution in [0.25, 0.3) is 6.08 Å². The van der Waals surface area contributed by atoms with E-state index in [4.69, 9.17) is 21.1 Å². The first-order valence-corrected chi connectivity index (χ1v) is 8.93. The molecule has 0 bridgehead atoms. The summed E-state index contributed by atoms with van der Waals surface area (Å²) < 4.78 is 10.4. The maximum absolute atomic E-state index is 12.9. The van der Waals surface area contributed by atoms with Gasteiger partial charge in [-0.1, -0.05) is 17.7 Å². The number of ether oxygens (including phenoxy) is 2. The number of methoxy groups -OCH3 is 2. The van der Waals surface area contributed by atoms with E-state index in [-0.39, 0.29) is 22.6 Å². The van der Waals surface area contributed by atoms with Crippen LogP contribution in [-0.4, -0.2) is 30.8 Å². The minimum atomic E-state index is -0.544. The highest BCUT2D eigenvalue weighted by atomic mass is 35.5. The van der Waals surface area contributed by atoms with Gasteiger partial charge in [0.05, 0.1) is 47.7 Å². The fraction of sp³-hybridized carbons (Fsp3) is 0.200. The zero-order chi connectivity index (χ0) is 21.3. The first-order chi connectivity index (χ1) is 13.8. The summed E-state index contributed by atoms with van der Waals surface area (Å²) in [7, 11) is 2.82. The van der Waals surface area contributed by atoms with Gasteiger partial charge in [0.2, 0.25) is 0 Å². The number of nitro groups is 1. The van der Waals surface area contributed by atoms with Crippen LogP contribution in [0.15, 0.2) is 41.0 Å².